The van der Waals surface area contributed by atoms with E-state index in [1.165, 1.54) is 0 Å². The lowest BCUT2D eigenvalue weighted by Crippen LogP contribution is -2.57. The number of rotatable bonds is 8. The van der Waals surface area contributed by atoms with Crippen LogP contribution in [0, 0.1) is 0 Å². The molecule has 0 aliphatic heterocycles. The SMILES string of the molecule is COC(=O)[C@@]1(N(C(=O)OC(C)(C)C)C(=O)OC(C)(C)C)C[C@@]1(F)CP(=O)(OC(C)C)OC(C)C. The number of amides is 2. The number of esters is 1. The Kier molecular flexibility index (Phi) is 9.02. The van der Waals surface area contributed by atoms with Crippen LogP contribution in [0.1, 0.15) is 75.7 Å². The van der Waals surface area contributed by atoms with Crippen LogP contribution >= 0.6 is 7.60 Å². The highest BCUT2D eigenvalue weighted by molar-refractivity contribution is 7.54. The molecule has 2 amide bonds. The summed E-state index contributed by atoms with van der Waals surface area (Å²) in [5.41, 5.74) is -7.34. The zero-order valence-corrected chi connectivity index (χ0v) is 22.9. The van der Waals surface area contributed by atoms with E-state index < -0.39 is 73.0 Å². The van der Waals surface area contributed by atoms with E-state index in [9.17, 15) is 18.9 Å². The smallest absolute Gasteiger partial charge is 0.420 e. The number of imide groups is 1. The van der Waals surface area contributed by atoms with Crippen molar-refractivity contribution in [3.05, 3.63) is 0 Å². The Morgan fingerprint density at radius 1 is 0.912 bits per heavy atom. The lowest BCUT2D eigenvalue weighted by atomic mass is 10.1. The Labute approximate surface area is 201 Å². The van der Waals surface area contributed by atoms with Crippen molar-refractivity contribution in [2.45, 2.75) is 110 Å². The minimum atomic E-state index is -4.12. The number of carbonyl (C=O) groups is 3. The number of alkyl halides is 1. The van der Waals surface area contributed by atoms with Gasteiger partial charge in [-0.05, 0) is 69.2 Å². The van der Waals surface area contributed by atoms with Crippen LogP contribution in [-0.4, -0.2) is 70.9 Å². The second-order valence-corrected chi connectivity index (χ2v) is 12.8. The van der Waals surface area contributed by atoms with Crippen LogP contribution in [0.2, 0.25) is 0 Å². The predicted molar refractivity (Wildman–Crippen MR) is 122 cm³/mol. The van der Waals surface area contributed by atoms with Crippen molar-refractivity contribution in [3.8, 4) is 0 Å². The van der Waals surface area contributed by atoms with Crippen molar-refractivity contribution in [1.82, 2.24) is 4.90 Å². The van der Waals surface area contributed by atoms with Gasteiger partial charge < -0.3 is 23.3 Å². The van der Waals surface area contributed by atoms with E-state index in [0.29, 0.717) is 0 Å². The Balaban J connectivity index is 3.59. The van der Waals surface area contributed by atoms with Crippen LogP contribution in [0.25, 0.3) is 0 Å². The molecule has 0 aromatic heterocycles. The number of carbonyl (C=O) groups excluding carboxylic acids is 3. The molecule has 0 aromatic carbocycles. The molecule has 1 rings (SSSR count). The minimum Gasteiger partial charge on any atom is -0.467 e. The van der Waals surface area contributed by atoms with Crippen LogP contribution in [-0.2, 0) is 32.6 Å². The lowest BCUT2D eigenvalue weighted by Gasteiger charge is -2.34. The summed E-state index contributed by atoms with van der Waals surface area (Å²) < 4.78 is 56.0. The summed E-state index contributed by atoms with van der Waals surface area (Å²) in [5, 5.41) is 0. The molecule has 0 N–H and O–H groups in total. The molecule has 0 radical (unpaired) electrons. The molecule has 1 aliphatic carbocycles. The first-order valence-electron chi connectivity index (χ1n) is 11.1. The topological polar surface area (TPSA) is 118 Å². The van der Waals surface area contributed by atoms with E-state index in [1.807, 2.05) is 0 Å². The summed E-state index contributed by atoms with van der Waals surface area (Å²) >= 11 is 0. The third-order valence-electron chi connectivity index (χ3n) is 4.40. The quantitative estimate of drug-likeness (QED) is 0.245. The molecule has 2 atom stereocenters. The fourth-order valence-electron chi connectivity index (χ4n) is 3.39. The number of halogens is 1. The Hall–Kier alpha value is -1.71. The van der Waals surface area contributed by atoms with Crippen molar-refractivity contribution in [3.63, 3.8) is 0 Å². The molecular weight excluding hydrogens is 472 g/mol. The molecule has 1 fully saturated rings. The van der Waals surface area contributed by atoms with Gasteiger partial charge in [0, 0.05) is 6.42 Å². The molecule has 34 heavy (non-hydrogen) atoms. The highest BCUT2D eigenvalue weighted by atomic mass is 31.2. The van der Waals surface area contributed by atoms with E-state index in [2.05, 4.69) is 0 Å². The first-order chi connectivity index (χ1) is 15.1. The van der Waals surface area contributed by atoms with Crippen LogP contribution < -0.4 is 0 Å². The zero-order valence-electron chi connectivity index (χ0n) is 22.0. The molecule has 0 heterocycles. The predicted octanol–water partition coefficient (Wildman–Crippen LogP) is 5.23. The van der Waals surface area contributed by atoms with Gasteiger partial charge in [-0.3, -0.25) is 4.57 Å². The fraction of sp³-hybridized carbons (Fsp3) is 0.864. The minimum absolute atomic E-state index is 0.282. The number of hydrogen-bond acceptors (Lipinski definition) is 9. The second-order valence-electron chi connectivity index (χ2n) is 10.9. The average Bonchev–Trinajstić information content (AvgIpc) is 3.13. The number of ether oxygens (including phenoxy) is 3. The van der Waals surface area contributed by atoms with Crippen molar-refractivity contribution in [2.75, 3.05) is 13.3 Å². The highest BCUT2D eigenvalue weighted by Gasteiger charge is 2.82. The summed E-state index contributed by atoms with van der Waals surface area (Å²) in [4.78, 5) is 39.4. The van der Waals surface area contributed by atoms with E-state index >= 15 is 4.39 Å². The Morgan fingerprint density at radius 3 is 1.59 bits per heavy atom. The maximum Gasteiger partial charge on any atom is 0.420 e. The average molecular weight is 512 g/mol. The van der Waals surface area contributed by atoms with Gasteiger partial charge in [0.05, 0.1) is 25.5 Å². The maximum absolute atomic E-state index is 16.4. The normalized spacial score (nSPS) is 23.0. The van der Waals surface area contributed by atoms with Gasteiger partial charge in [-0.1, -0.05) is 0 Å². The van der Waals surface area contributed by atoms with Crippen LogP contribution in [0.4, 0.5) is 14.0 Å². The molecule has 1 saturated carbocycles. The Bertz CT molecular complexity index is 791. The molecule has 10 nitrogen and oxygen atoms in total. The molecule has 0 spiro atoms. The summed E-state index contributed by atoms with van der Waals surface area (Å²) in [6.45, 7) is 15.6. The van der Waals surface area contributed by atoms with Gasteiger partial charge in [-0.25, -0.2) is 18.8 Å². The summed E-state index contributed by atoms with van der Waals surface area (Å²) in [6.07, 6.45) is -5.39. The van der Waals surface area contributed by atoms with Gasteiger partial charge >= 0.3 is 25.8 Å². The van der Waals surface area contributed by atoms with Crippen LogP contribution in [0.15, 0.2) is 0 Å². The van der Waals surface area contributed by atoms with E-state index in [0.717, 1.165) is 7.11 Å². The number of hydrogen-bond donors (Lipinski definition) is 0. The van der Waals surface area contributed by atoms with Crippen molar-refractivity contribution < 1.29 is 46.6 Å². The number of nitrogens with zero attached hydrogens (tertiary/aromatic N) is 1. The van der Waals surface area contributed by atoms with Crippen molar-refractivity contribution in [2.24, 2.45) is 0 Å². The molecule has 12 heteroatoms. The van der Waals surface area contributed by atoms with Gasteiger partial charge in [0.2, 0.25) is 0 Å². The third kappa shape index (κ3) is 7.39. The van der Waals surface area contributed by atoms with Crippen molar-refractivity contribution >= 4 is 25.8 Å². The second kappa shape index (κ2) is 10.1. The summed E-state index contributed by atoms with van der Waals surface area (Å²) in [7, 11) is -3.13. The van der Waals surface area contributed by atoms with Gasteiger partial charge in [0.15, 0.2) is 11.2 Å². The molecule has 198 valence electrons. The van der Waals surface area contributed by atoms with Gasteiger partial charge in [-0.2, -0.15) is 4.90 Å². The molecule has 0 saturated heterocycles. The molecule has 1 aliphatic rings. The number of methoxy groups -OCH3 is 1. The Morgan fingerprint density at radius 2 is 1.29 bits per heavy atom. The maximum atomic E-state index is 16.4. The first-order valence-corrected chi connectivity index (χ1v) is 12.8. The fourth-order valence-corrected chi connectivity index (χ4v) is 5.86. The van der Waals surface area contributed by atoms with Gasteiger partial charge in [0.25, 0.3) is 0 Å². The van der Waals surface area contributed by atoms with E-state index in [1.54, 1.807) is 69.2 Å². The summed E-state index contributed by atoms with van der Waals surface area (Å²) in [5.74, 6) is -1.23. The first kappa shape index (κ1) is 30.3. The van der Waals surface area contributed by atoms with E-state index in [-0.39, 0.29) is 4.90 Å². The van der Waals surface area contributed by atoms with Crippen LogP contribution in [0.5, 0.6) is 0 Å². The largest absolute Gasteiger partial charge is 0.467 e. The lowest BCUT2D eigenvalue weighted by molar-refractivity contribution is -0.150. The van der Waals surface area contributed by atoms with Gasteiger partial charge in [-0.15, -0.1) is 0 Å². The molecule has 0 aromatic rings. The zero-order chi connectivity index (χ0) is 26.9. The van der Waals surface area contributed by atoms with Crippen molar-refractivity contribution in [1.29, 1.82) is 0 Å². The van der Waals surface area contributed by atoms with Gasteiger partial charge in [0.1, 0.15) is 11.2 Å². The van der Waals surface area contributed by atoms with Crippen LogP contribution in [0.3, 0.4) is 0 Å². The standard InChI is InChI=1S/C22H39FNO9P/c1-14(2)32-34(28,33-15(3)4)13-21(23)12-22(21,16(25)29-11)24(17(26)30-19(5,6)7)18(27)31-20(8,9)10/h14-15H,12-13H2,1-11H3/t21-,22+/m1/s1. The third-order valence-corrected chi connectivity index (χ3v) is 6.77. The molecule has 0 bridgehead atoms. The van der Waals surface area contributed by atoms with E-state index in [4.69, 9.17) is 23.3 Å². The highest BCUT2D eigenvalue weighted by Crippen LogP contribution is 2.65. The monoisotopic (exact) mass is 511 g/mol. The summed E-state index contributed by atoms with van der Waals surface area (Å²) in [6, 6.07) is 0. The molecular formula is C22H39FNO9P. The molecule has 0 unspecified atom stereocenters.